The summed E-state index contributed by atoms with van der Waals surface area (Å²) in [6, 6.07) is 5.78. The summed E-state index contributed by atoms with van der Waals surface area (Å²) >= 11 is 0. The van der Waals surface area contributed by atoms with Crippen LogP contribution in [0.15, 0.2) is 28.9 Å². The van der Waals surface area contributed by atoms with Crippen molar-refractivity contribution in [2.24, 2.45) is 0 Å². The Hall–Kier alpha value is -2.08. The Kier molecular flexibility index (Phi) is 4.06. The molecular weight excluding hydrogens is 268 g/mol. The third kappa shape index (κ3) is 3.00. The van der Waals surface area contributed by atoms with E-state index in [0.717, 1.165) is 19.5 Å². The number of H-pyrrole nitrogens is 1. The number of carbonyl (C=O) groups is 1. The number of aromatic nitrogens is 2. The number of carbonyl (C=O) groups excluding carboxylic acids is 1. The highest BCUT2D eigenvalue weighted by Crippen LogP contribution is 2.18. The molecule has 2 N–H and O–H groups in total. The number of likely N-dealkylation sites (tertiary alicyclic amines) is 1. The molecule has 0 aliphatic carbocycles. The van der Waals surface area contributed by atoms with Gasteiger partial charge >= 0.3 is 0 Å². The number of hydrogen-bond donors (Lipinski definition) is 2. The minimum Gasteiger partial charge on any atom is -0.463 e. The van der Waals surface area contributed by atoms with Crippen molar-refractivity contribution in [2.75, 3.05) is 19.6 Å². The number of nitrogens with zero attached hydrogens (tertiary/aromatic N) is 2. The second-order valence-electron chi connectivity index (χ2n) is 5.28. The fourth-order valence-corrected chi connectivity index (χ4v) is 2.84. The van der Waals surface area contributed by atoms with Crippen LogP contribution in [-0.4, -0.2) is 46.7 Å². The molecule has 1 fully saturated rings. The molecule has 2 aromatic heterocycles. The van der Waals surface area contributed by atoms with Crippen LogP contribution in [0.5, 0.6) is 0 Å². The predicted octanol–water partition coefficient (Wildman–Crippen LogP) is 1.88. The first-order chi connectivity index (χ1) is 10.3. The highest BCUT2D eigenvalue weighted by Gasteiger charge is 2.23. The van der Waals surface area contributed by atoms with E-state index in [-0.39, 0.29) is 5.91 Å². The van der Waals surface area contributed by atoms with Crippen LogP contribution in [-0.2, 0) is 0 Å². The Bertz CT molecular complexity index is 591. The first kappa shape index (κ1) is 13.9. The van der Waals surface area contributed by atoms with Crippen molar-refractivity contribution in [3.63, 3.8) is 0 Å². The lowest BCUT2D eigenvalue weighted by Gasteiger charge is -2.22. The Labute approximate surface area is 123 Å². The number of likely N-dealkylation sites (N-methyl/N-ethyl adjacent to an activating group) is 1. The Morgan fingerprint density at radius 2 is 2.52 bits per heavy atom. The highest BCUT2D eigenvalue weighted by atomic mass is 16.3. The van der Waals surface area contributed by atoms with Crippen molar-refractivity contribution in [1.29, 1.82) is 0 Å². The zero-order chi connectivity index (χ0) is 14.7. The maximum atomic E-state index is 12.1. The van der Waals surface area contributed by atoms with Crippen LogP contribution >= 0.6 is 0 Å². The SMILES string of the molecule is CCN1CCCC1CNC(=O)c1cc(-c2ccco2)[nH]n1. The van der Waals surface area contributed by atoms with Crippen LogP contribution in [0.2, 0.25) is 0 Å². The van der Waals surface area contributed by atoms with E-state index >= 15 is 0 Å². The molecule has 1 amide bonds. The summed E-state index contributed by atoms with van der Waals surface area (Å²) < 4.78 is 5.27. The molecule has 3 heterocycles. The molecule has 0 aromatic carbocycles. The molecule has 6 heteroatoms. The normalized spacial score (nSPS) is 19.0. The van der Waals surface area contributed by atoms with Gasteiger partial charge in [-0.2, -0.15) is 5.10 Å². The fourth-order valence-electron chi connectivity index (χ4n) is 2.84. The van der Waals surface area contributed by atoms with E-state index in [4.69, 9.17) is 4.42 Å². The molecule has 1 atom stereocenters. The van der Waals surface area contributed by atoms with E-state index in [9.17, 15) is 4.79 Å². The second-order valence-corrected chi connectivity index (χ2v) is 5.28. The van der Waals surface area contributed by atoms with Crippen LogP contribution in [0.25, 0.3) is 11.5 Å². The van der Waals surface area contributed by atoms with Gasteiger partial charge in [-0.15, -0.1) is 0 Å². The van der Waals surface area contributed by atoms with Crippen LogP contribution in [0, 0.1) is 0 Å². The van der Waals surface area contributed by atoms with Crippen LogP contribution in [0.1, 0.15) is 30.3 Å². The van der Waals surface area contributed by atoms with Crippen LogP contribution < -0.4 is 5.32 Å². The summed E-state index contributed by atoms with van der Waals surface area (Å²) in [4.78, 5) is 14.5. The van der Waals surface area contributed by atoms with Gasteiger partial charge in [0.2, 0.25) is 0 Å². The van der Waals surface area contributed by atoms with Crippen molar-refractivity contribution < 1.29 is 9.21 Å². The summed E-state index contributed by atoms with van der Waals surface area (Å²) in [6.45, 7) is 4.99. The average Bonchev–Trinajstić information content (AvgIpc) is 3.24. The third-order valence-corrected chi connectivity index (χ3v) is 4.00. The maximum absolute atomic E-state index is 12.1. The molecule has 6 nitrogen and oxygen atoms in total. The van der Waals surface area contributed by atoms with Crippen molar-refractivity contribution in [2.45, 2.75) is 25.8 Å². The number of aromatic amines is 1. The van der Waals surface area contributed by atoms with E-state index < -0.39 is 0 Å². The van der Waals surface area contributed by atoms with Gasteiger partial charge in [0.1, 0.15) is 5.69 Å². The quantitative estimate of drug-likeness (QED) is 0.881. The Morgan fingerprint density at radius 3 is 3.29 bits per heavy atom. The van der Waals surface area contributed by atoms with Crippen molar-refractivity contribution in [1.82, 2.24) is 20.4 Å². The first-order valence-electron chi connectivity index (χ1n) is 7.39. The van der Waals surface area contributed by atoms with Gasteiger partial charge in [-0.3, -0.25) is 14.8 Å². The second kappa shape index (κ2) is 6.13. The van der Waals surface area contributed by atoms with Gasteiger partial charge in [-0.05, 0) is 38.1 Å². The van der Waals surface area contributed by atoms with Gasteiger partial charge in [0.25, 0.3) is 5.91 Å². The van der Waals surface area contributed by atoms with Gasteiger partial charge in [-0.1, -0.05) is 6.92 Å². The predicted molar refractivity (Wildman–Crippen MR) is 78.9 cm³/mol. The van der Waals surface area contributed by atoms with Crippen LogP contribution in [0.4, 0.5) is 0 Å². The van der Waals surface area contributed by atoms with E-state index in [0.29, 0.717) is 29.7 Å². The van der Waals surface area contributed by atoms with Gasteiger partial charge < -0.3 is 9.73 Å². The molecule has 1 saturated heterocycles. The standard InChI is InChI=1S/C15H20N4O2/c1-2-19-7-3-5-11(19)10-16-15(20)13-9-12(17-18-13)14-6-4-8-21-14/h4,6,8-9,11H,2-3,5,7,10H2,1H3,(H,16,20)(H,17,18). The molecule has 1 aliphatic rings. The molecule has 0 spiro atoms. The zero-order valence-electron chi connectivity index (χ0n) is 12.1. The lowest BCUT2D eigenvalue weighted by Crippen LogP contribution is -2.40. The first-order valence-corrected chi connectivity index (χ1v) is 7.39. The van der Waals surface area contributed by atoms with E-state index in [1.54, 1.807) is 18.4 Å². The summed E-state index contributed by atoms with van der Waals surface area (Å²) in [5.74, 6) is 0.529. The fraction of sp³-hybridized carbons (Fsp3) is 0.467. The minimum atomic E-state index is -0.146. The molecule has 1 unspecified atom stereocenters. The minimum absolute atomic E-state index is 0.146. The Morgan fingerprint density at radius 1 is 1.62 bits per heavy atom. The number of amides is 1. The highest BCUT2D eigenvalue weighted by molar-refractivity contribution is 5.93. The summed E-state index contributed by atoms with van der Waals surface area (Å²) in [6.07, 6.45) is 3.95. The molecule has 112 valence electrons. The molecule has 2 aromatic rings. The third-order valence-electron chi connectivity index (χ3n) is 4.00. The van der Waals surface area contributed by atoms with E-state index in [1.807, 2.05) is 6.07 Å². The number of rotatable bonds is 5. The van der Waals surface area contributed by atoms with Crippen molar-refractivity contribution in [3.8, 4) is 11.5 Å². The average molecular weight is 288 g/mol. The summed E-state index contributed by atoms with van der Waals surface area (Å²) in [5, 5.41) is 9.84. The smallest absolute Gasteiger partial charge is 0.271 e. The van der Waals surface area contributed by atoms with E-state index in [2.05, 4.69) is 27.3 Å². The number of furan rings is 1. The Balaban J connectivity index is 1.58. The van der Waals surface area contributed by atoms with Gasteiger partial charge in [-0.25, -0.2) is 0 Å². The lowest BCUT2D eigenvalue weighted by atomic mass is 10.2. The topological polar surface area (TPSA) is 74.2 Å². The molecule has 21 heavy (non-hydrogen) atoms. The monoisotopic (exact) mass is 288 g/mol. The molecule has 3 rings (SSSR count). The van der Waals surface area contributed by atoms with Gasteiger partial charge in [0, 0.05) is 18.7 Å². The largest absolute Gasteiger partial charge is 0.463 e. The van der Waals surface area contributed by atoms with Crippen molar-refractivity contribution in [3.05, 3.63) is 30.2 Å². The van der Waals surface area contributed by atoms with E-state index in [1.165, 1.54) is 6.42 Å². The molecule has 0 radical (unpaired) electrons. The summed E-state index contributed by atoms with van der Waals surface area (Å²) in [7, 11) is 0. The van der Waals surface area contributed by atoms with Crippen molar-refractivity contribution >= 4 is 5.91 Å². The lowest BCUT2D eigenvalue weighted by molar-refractivity contribution is 0.0936. The molecule has 0 saturated carbocycles. The molecular formula is C15H20N4O2. The molecule has 1 aliphatic heterocycles. The zero-order valence-corrected chi connectivity index (χ0v) is 12.1. The maximum Gasteiger partial charge on any atom is 0.271 e. The number of nitrogens with one attached hydrogen (secondary N) is 2. The molecule has 0 bridgehead atoms. The van der Waals surface area contributed by atoms with Gasteiger partial charge in [0.15, 0.2) is 11.5 Å². The number of hydrogen-bond acceptors (Lipinski definition) is 4. The van der Waals surface area contributed by atoms with Crippen LogP contribution in [0.3, 0.4) is 0 Å². The summed E-state index contributed by atoms with van der Waals surface area (Å²) in [5.41, 5.74) is 1.10. The van der Waals surface area contributed by atoms with Gasteiger partial charge in [0.05, 0.1) is 6.26 Å².